The Morgan fingerprint density at radius 3 is 3.00 bits per heavy atom. The highest BCUT2D eigenvalue weighted by Crippen LogP contribution is 2.18. The van der Waals surface area contributed by atoms with Gasteiger partial charge in [0.15, 0.2) is 0 Å². The molecule has 3 aromatic rings. The van der Waals surface area contributed by atoms with E-state index in [1.165, 1.54) is 6.42 Å². The molecule has 0 saturated carbocycles. The van der Waals surface area contributed by atoms with Gasteiger partial charge in [0.25, 0.3) is 5.91 Å². The first-order chi connectivity index (χ1) is 13.7. The number of piperidine rings is 1. The number of pyridine rings is 1. The van der Waals surface area contributed by atoms with Crippen LogP contribution in [0.15, 0.2) is 42.9 Å². The quantitative estimate of drug-likeness (QED) is 0.712. The van der Waals surface area contributed by atoms with Crippen LogP contribution in [-0.4, -0.2) is 56.7 Å². The third kappa shape index (κ3) is 4.20. The molecule has 1 aliphatic heterocycles. The number of carbonyl (C=O) groups is 1. The number of fused-ring (bicyclic) bond motifs is 1. The largest absolute Gasteiger partial charge is 0.352 e. The Hall–Kier alpha value is -2.80. The third-order valence-electron chi connectivity index (χ3n) is 5.51. The van der Waals surface area contributed by atoms with Crippen LogP contribution in [-0.2, 0) is 6.54 Å². The molecule has 1 aromatic carbocycles. The Morgan fingerprint density at radius 1 is 1.25 bits per heavy atom. The maximum absolute atomic E-state index is 12.7. The van der Waals surface area contributed by atoms with Gasteiger partial charge in [-0.2, -0.15) is 0 Å². The van der Waals surface area contributed by atoms with E-state index in [1.807, 2.05) is 31.2 Å². The summed E-state index contributed by atoms with van der Waals surface area (Å²) in [6, 6.07) is 9.56. The van der Waals surface area contributed by atoms with Crippen LogP contribution < -0.4 is 5.32 Å². The molecule has 1 unspecified atom stereocenters. The molecule has 0 aliphatic carbocycles. The second-order valence-electron chi connectivity index (χ2n) is 7.47. The molecule has 3 heterocycles. The zero-order valence-electron chi connectivity index (χ0n) is 16.2. The van der Waals surface area contributed by atoms with E-state index in [1.54, 1.807) is 18.6 Å². The highest BCUT2D eigenvalue weighted by atomic mass is 16.1. The molecule has 1 saturated heterocycles. The molecular formula is C21H26N6O. The lowest BCUT2D eigenvalue weighted by atomic mass is 9.97. The van der Waals surface area contributed by atoms with Crippen LogP contribution in [0.1, 0.15) is 29.0 Å². The van der Waals surface area contributed by atoms with Gasteiger partial charge in [-0.3, -0.25) is 9.78 Å². The van der Waals surface area contributed by atoms with Crippen molar-refractivity contribution in [3.05, 3.63) is 54.2 Å². The summed E-state index contributed by atoms with van der Waals surface area (Å²) >= 11 is 0. The number of aryl methyl sites for hydroxylation is 1. The number of nitrogens with one attached hydrogen (secondary N) is 1. The second-order valence-corrected chi connectivity index (χ2v) is 7.47. The number of aromatic nitrogens is 4. The molecule has 0 spiro atoms. The minimum Gasteiger partial charge on any atom is -0.352 e. The first kappa shape index (κ1) is 18.6. The van der Waals surface area contributed by atoms with Crippen molar-refractivity contribution in [3.63, 3.8) is 0 Å². The molecule has 28 heavy (non-hydrogen) atoms. The van der Waals surface area contributed by atoms with Crippen LogP contribution in [0.4, 0.5) is 0 Å². The summed E-state index contributed by atoms with van der Waals surface area (Å²) in [4.78, 5) is 19.5. The van der Waals surface area contributed by atoms with Gasteiger partial charge in [-0.15, -0.1) is 10.2 Å². The molecule has 1 fully saturated rings. The Labute approximate surface area is 164 Å². The highest BCUT2D eigenvalue weighted by molar-refractivity contribution is 6.05. The van der Waals surface area contributed by atoms with Crippen LogP contribution in [0, 0.1) is 12.8 Å². The fraction of sp³-hybridized carbons (Fsp3) is 0.429. The molecular weight excluding hydrogens is 352 g/mol. The number of carbonyl (C=O) groups excluding carboxylic acids is 1. The van der Waals surface area contributed by atoms with Crippen LogP contribution >= 0.6 is 0 Å². The van der Waals surface area contributed by atoms with Gasteiger partial charge >= 0.3 is 0 Å². The van der Waals surface area contributed by atoms with Gasteiger partial charge < -0.3 is 14.8 Å². The van der Waals surface area contributed by atoms with Crippen molar-refractivity contribution in [2.75, 3.05) is 26.2 Å². The predicted molar refractivity (Wildman–Crippen MR) is 108 cm³/mol. The molecule has 1 atom stereocenters. The number of para-hydroxylation sites is 1. The fourth-order valence-electron chi connectivity index (χ4n) is 3.93. The van der Waals surface area contributed by atoms with E-state index in [-0.39, 0.29) is 5.91 Å². The van der Waals surface area contributed by atoms with Crippen LogP contribution in [0.25, 0.3) is 10.9 Å². The highest BCUT2D eigenvalue weighted by Gasteiger charge is 2.21. The van der Waals surface area contributed by atoms with Gasteiger partial charge in [-0.25, -0.2) is 0 Å². The molecule has 7 heteroatoms. The second kappa shape index (κ2) is 8.48. The average molecular weight is 378 g/mol. The van der Waals surface area contributed by atoms with Gasteiger partial charge in [0, 0.05) is 37.8 Å². The Morgan fingerprint density at radius 2 is 2.14 bits per heavy atom. The fourth-order valence-corrected chi connectivity index (χ4v) is 3.93. The van der Waals surface area contributed by atoms with Crippen molar-refractivity contribution in [1.82, 2.24) is 30.0 Å². The normalized spacial score (nSPS) is 17.7. The topological polar surface area (TPSA) is 75.9 Å². The van der Waals surface area contributed by atoms with Crippen molar-refractivity contribution in [3.8, 4) is 0 Å². The third-order valence-corrected chi connectivity index (χ3v) is 5.51. The van der Waals surface area contributed by atoms with E-state index in [0.717, 1.165) is 49.3 Å². The number of nitrogens with zero attached hydrogens (tertiary/aromatic N) is 5. The molecule has 0 radical (unpaired) electrons. The first-order valence-electron chi connectivity index (χ1n) is 9.89. The Kier molecular flexibility index (Phi) is 5.62. The SMILES string of the molecule is Cc1nncn1CCN1CCCC(CNC(=O)c2ccnc3ccccc23)C1. The first-order valence-corrected chi connectivity index (χ1v) is 9.89. The van der Waals surface area contributed by atoms with E-state index in [0.29, 0.717) is 18.0 Å². The number of likely N-dealkylation sites (tertiary alicyclic amines) is 1. The van der Waals surface area contributed by atoms with Gasteiger partial charge in [0.2, 0.25) is 0 Å². The smallest absolute Gasteiger partial charge is 0.252 e. The molecule has 0 bridgehead atoms. The number of hydrogen-bond acceptors (Lipinski definition) is 5. The zero-order valence-corrected chi connectivity index (χ0v) is 16.2. The van der Waals surface area contributed by atoms with Crippen molar-refractivity contribution in [2.45, 2.75) is 26.3 Å². The summed E-state index contributed by atoms with van der Waals surface area (Å²) < 4.78 is 2.08. The summed E-state index contributed by atoms with van der Waals surface area (Å²) in [6.07, 6.45) is 5.81. The summed E-state index contributed by atoms with van der Waals surface area (Å²) in [5.74, 6) is 1.41. The minimum atomic E-state index is -0.0177. The summed E-state index contributed by atoms with van der Waals surface area (Å²) in [6.45, 7) is 6.69. The number of amides is 1. The molecule has 7 nitrogen and oxygen atoms in total. The molecule has 4 rings (SSSR count). The zero-order chi connectivity index (χ0) is 19.3. The monoisotopic (exact) mass is 378 g/mol. The molecule has 1 N–H and O–H groups in total. The molecule has 146 valence electrons. The van der Waals surface area contributed by atoms with Gasteiger partial charge in [0.1, 0.15) is 12.2 Å². The maximum Gasteiger partial charge on any atom is 0.252 e. The number of hydrogen-bond donors (Lipinski definition) is 1. The van der Waals surface area contributed by atoms with Crippen LogP contribution in [0.3, 0.4) is 0 Å². The van der Waals surface area contributed by atoms with Gasteiger partial charge in [-0.05, 0) is 44.4 Å². The molecule has 1 aliphatic rings. The van der Waals surface area contributed by atoms with Crippen molar-refractivity contribution in [1.29, 1.82) is 0 Å². The van der Waals surface area contributed by atoms with Crippen molar-refractivity contribution >= 4 is 16.8 Å². The Balaban J connectivity index is 1.31. The molecule has 1 amide bonds. The van der Waals surface area contributed by atoms with Gasteiger partial charge in [-0.1, -0.05) is 18.2 Å². The van der Waals surface area contributed by atoms with E-state index in [2.05, 4.69) is 30.0 Å². The lowest BCUT2D eigenvalue weighted by Gasteiger charge is -2.32. The van der Waals surface area contributed by atoms with Crippen LogP contribution in [0.5, 0.6) is 0 Å². The molecule has 2 aromatic heterocycles. The number of rotatable bonds is 6. The minimum absolute atomic E-state index is 0.0177. The standard InChI is InChI=1S/C21H26N6O/c1-16-25-24-15-27(16)12-11-26-10-4-5-17(14-26)13-23-21(28)19-8-9-22-20-7-3-2-6-18(19)20/h2-3,6-9,15,17H,4-5,10-14H2,1H3,(H,23,28). The summed E-state index contributed by atoms with van der Waals surface area (Å²) in [7, 11) is 0. The van der Waals surface area contributed by atoms with Crippen molar-refractivity contribution < 1.29 is 4.79 Å². The maximum atomic E-state index is 12.7. The van der Waals surface area contributed by atoms with E-state index >= 15 is 0 Å². The number of benzene rings is 1. The summed E-state index contributed by atoms with van der Waals surface area (Å²) in [5.41, 5.74) is 1.55. The lowest BCUT2D eigenvalue weighted by molar-refractivity contribution is 0.0933. The van der Waals surface area contributed by atoms with E-state index < -0.39 is 0 Å². The van der Waals surface area contributed by atoms with Gasteiger partial charge in [0.05, 0.1) is 11.1 Å². The van der Waals surface area contributed by atoms with Crippen molar-refractivity contribution in [2.24, 2.45) is 5.92 Å². The summed E-state index contributed by atoms with van der Waals surface area (Å²) in [5, 5.41) is 12.0. The Bertz CT molecular complexity index is 947. The van der Waals surface area contributed by atoms with Crippen LogP contribution in [0.2, 0.25) is 0 Å². The lowest BCUT2D eigenvalue weighted by Crippen LogP contribution is -2.42. The van der Waals surface area contributed by atoms with E-state index in [9.17, 15) is 4.79 Å². The van der Waals surface area contributed by atoms with E-state index in [4.69, 9.17) is 0 Å². The predicted octanol–water partition coefficient (Wildman–Crippen LogP) is 2.28. The average Bonchev–Trinajstić information content (AvgIpc) is 3.15.